The van der Waals surface area contributed by atoms with E-state index < -0.39 is 0 Å². The lowest BCUT2D eigenvalue weighted by Crippen LogP contribution is -2.40. The highest BCUT2D eigenvalue weighted by Crippen LogP contribution is 2.35. The summed E-state index contributed by atoms with van der Waals surface area (Å²) < 4.78 is 16.2. The molecule has 0 atom stereocenters. The van der Waals surface area contributed by atoms with Crippen LogP contribution in [0.4, 0.5) is 0 Å². The van der Waals surface area contributed by atoms with E-state index in [1.807, 2.05) is 11.1 Å². The van der Waals surface area contributed by atoms with Crippen LogP contribution in [0.5, 0.6) is 17.2 Å². The summed E-state index contributed by atoms with van der Waals surface area (Å²) in [6.07, 6.45) is 4.79. The van der Waals surface area contributed by atoms with Crippen molar-refractivity contribution in [1.29, 1.82) is 0 Å². The number of nitrogens with zero attached hydrogens (tertiary/aromatic N) is 2. The Morgan fingerprint density at radius 3 is 2.92 bits per heavy atom. The minimum atomic E-state index is 0.0152. The third-order valence-electron chi connectivity index (χ3n) is 5.09. The molecule has 1 aromatic carbocycles. The van der Waals surface area contributed by atoms with Crippen LogP contribution in [0.3, 0.4) is 0 Å². The van der Waals surface area contributed by atoms with Gasteiger partial charge in [-0.2, -0.15) is 5.10 Å². The second-order valence-corrected chi connectivity index (χ2v) is 6.62. The van der Waals surface area contributed by atoms with Crippen LogP contribution in [0.1, 0.15) is 36.9 Å². The van der Waals surface area contributed by atoms with E-state index >= 15 is 0 Å². The second-order valence-electron chi connectivity index (χ2n) is 6.62. The van der Waals surface area contributed by atoms with Gasteiger partial charge in [-0.1, -0.05) is 6.92 Å². The number of aromatic amines is 1. The maximum atomic E-state index is 12.4. The molecule has 1 saturated heterocycles. The lowest BCUT2D eigenvalue weighted by atomic mass is 9.91. The molecule has 0 spiro atoms. The molecule has 1 amide bonds. The fourth-order valence-electron chi connectivity index (χ4n) is 3.58. The highest BCUT2D eigenvalue weighted by molar-refractivity contribution is 5.78. The number of piperidine rings is 1. The summed E-state index contributed by atoms with van der Waals surface area (Å²) in [5, 5.41) is 7.30. The number of H-pyrrole nitrogens is 1. The van der Waals surface area contributed by atoms with E-state index in [0.29, 0.717) is 23.2 Å². The number of carbonyl (C=O) groups excluding carboxylic acids is 1. The summed E-state index contributed by atoms with van der Waals surface area (Å²) >= 11 is 0. The van der Waals surface area contributed by atoms with Gasteiger partial charge in [0.2, 0.25) is 6.79 Å². The monoisotopic (exact) mass is 357 g/mol. The molecule has 1 N–H and O–H groups in total. The molecular weight excluding hydrogens is 334 g/mol. The SMILES string of the molecule is CCc1cn[nH]c1C1CCN(C(=O)COc2ccc3c(c2)OCO3)CC1. The number of fused-ring (bicyclic) bond motifs is 1. The Hall–Kier alpha value is -2.70. The Morgan fingerprint density at radius 2 is 2.12 bits per heavy atom. The highest BCUT2D eigenvalue weighted by atomic mass is 16.7. The van der Waals surface area contributed by atoms with Crippen LogP contribution in [-0.2, 0) is 11.2 Å². The van der Waals surface area contributed by atoms with Gasteiger partial charge in [-0.15, -0.1) is 0 Å². The molecule has 0 aliphatic carbocycles. The van der Waals surface area contributed by atoms with E-state index in [-0.39, 0.29) is 19.3 Å². The Morgan fingerprint density at radius 1 is 1.31 bits per heavy atom. The van der Waals surface area contributed by atoms with Gasteiger partial charge in [-0.05, 0) is 37.0 Å². The zero-order valence-electron chi connectivity index (χ0n) is 14.9. The van der Waals surface area contributed by atoms with E-state index in [4.69, 9.17) is 14.2 Å². The quantitative estimate of drug-likeness (QED) is 0.890. The first-order chi connectivity index (χ1) is 12.7. The van der Waals surface area contributed by atoms with Gasteiger partial charge in [0.15, 0.2) is 18.1 Å². The van der Waals surface area contributed by atoms with Crippen LogP contribution in [0.2, 0.25) is 0 Å². The number of nitrogens with one attached hydrogen (secondary N) is 1. The summed E-state index contributed by atoms with van der Waals surface area (Å²) in [6, 6.07) is 5.34. The summed E-state index contributed by atoms with van der Waals surface area (Å²) in [6.45, 7) is 3.89. The topological polar surface area (TPSA) is 76.7 Å². The first-order valence-electron chi connectivity index (χ1n) is 9.07. The zero-order valence-corrected chi connectivity index (χ0v) is 14.9. The van der Waals surface area contributed by atoms with Crippen molar-refractivity contribution in [3.8, 4) is 17.2 Å². The predicted molar refractivity (Wildman–Crippen MR) is 94.6 cm³/mol. The lowest BCUT2D eigenvalue weighted by Gasteiger charge is -2.31. The van der Waals surface area contributed by atoms with Crippen LogP contribution in [0.15, 0.2) is 24.4 Å². The Kier molecular flexibility index (Phi) is 4.69. The number of aromatic nitrogens is 2. The number of aryl methyl sites for hydroxylation is 1. The van der Waals surface area contributed by atoms with E-state index in [9.17, 15) is 4.79 Å². The lowest BCUT2D eigenvalue weighted by molar-refractivity contribution is -0.134. The van der Waals surface area contributed by atoms with Crippen LogP contribution in [0, 0.1) is 0 Å². The number of hydrogen-bond acceptors (Lipinski definition) is 5. The first kappa shape index (κ1) is 16.8. The van der Waals surface area contributed by atoms with Crippen molar-refractivity contribution in [1.82, 2.24) is 15.1 Å². The van der Waals surface area contributed by atoms with Crippen LogP contribution in [-0.4, -0.2) is 47.5 Å². The Labute approximate surface area is 152 Å². The number of carbonyl (C=O) groups is 1. The average Bonchev–Trinajstić information content (AvgIpc) is 3.34. The molecule has 0 radical (unpaired) electrons. The van der Waals surface area contributed by atoms with Crippen molar-refractivity contribution in [2.45, 2.75) is 32.1 Å². The maximum Gasteiger partial charge on any atom is 0.260 e. The molecule has 2 aromatic rings. The molecule has 1 aromatic heterocycles. The molecule has 26 heavy (non-hydrogen) atoms. The molecule has 2 aliphatic heterocycles. The molecule has 3 heterocycles. The number of rotatable bonds is 5. The van der Waals surface area contributed by atoms with Crippen molar-refractivity contribution in [2.24, 2.45) is 0 Å². The fourth-order valence-corrected chi connectivity index (χ4v) is 3.58. The first-order valence-corrected chi connectivity index (χ1v) is 9.07. The van der Waals surface area contributed by atoms with Crippen LogP contribution in [0.25, 0.3) is 0 Å². The third kappa shape index (κ3) is 3.34. The molecule has 0 unspecified atom stereocenters. The molecule has 2 aliphatic rings. The number of amides is 1. The van der Waals surface area contributed by atoms with Crippen molar-refractivity contribution in [3.63, 3.8) is 0 Å². The maximum absolute atomic E-state index is 12.4. The van der Waals surface area contributed by atoms with Gasteiger partial charge >= 0.3 is 0 Å². The minimum absolute atomic E-state index is 0.0152. The van der Waals surface area contributed by atoms with Gasteiger partial charge in [0.05, 0.1) is 6.20 Å². The summed E-state index contributed by atoms with van der Waals surface area (Å²) in [5.41, 5.74) is 2.51. The van der Waals surface area contributed by atoms with Crippen molar-refractivity contribution in [2.75, 3.05) is 26.5 Å². The molecule has 4 rings (SSSR count). The standard InChI is InChI=1S/C19H23N3O4/c1-2-13-10-20-21-19(13)14-5-7-22(8-6-14)18(23)11-24-15-3-4-16-17(9-15)26-12-25-16/h3-4,9-10,14H,2,5-8,11-12H2,1H3,(H,20,21). The van der Waals surface area contributed by atoms with E-state index in [1.165, 1.54) is 11.3 Å². The van der Waals surface area contributed by atoms with Crippen molar-refractivity contribution < 1.29 is 19.0 Å². The van der Waals surface area contributed by atoms with Gasteiger partial charge in [-0.3, -0.25) is 9.89 Å². The fraction of sp³-hybridized carbons (Fsp3) is 0.474. The van der Waals surface area contributed by atoms with Crippen molar-refractivity contribution in [3.05, 3.63) is 35.7 Å². The Balaban J connectivity index is 1.28. The summed E-state index contributed by atoms with van der Waals surface area (Å²) in [5.74, 6) is 2.44. The molecule has 138 valence electrons. The van der Waals surface area contributed by atoms with Gasteiger partial charge < -0.3 is 19.1 Å². The van der Waals surface area contributed by atoms with Gasteiger partial charge in [0.25, 0.3) is 5.91 Å². The molecule has 7 nitrogen and oxygen atoms in total. The molecule has 7 heteroatoms. The van der Waals surface area contributed by atoms with E-state index in [2.05, 4.69) is 17.1 Å². The van der Waals surface area contributed by atoms with Crippen molar-refractivity contribution >= 4 is 5.91 Å². The molecular formula is C19H23N3O4. The van der Waals surface area contributed by atoms with Gasteiger partial charge in [-0.25, -0.2) is 0 Å². The summed E-state index contributed by atoms with van der Waals surface area (Å²) in [4.78, 5) is 14.3. The second kappa shape index (κ2) is 7.27. The van der Waals surface area contributed by atoms with Crippen LogP contribution >= 0.6 is 0 Å². The van der Waals surface area contributed by atoms with Gasteiger partial charge in [0.1, 0.15) is 5.75 Å². The van der Waals surface area contributed by atoms with E-state index in [1.54, 1.807) is 18.2 Å². The van der Waals surface area contributed by atoms with Crippen LogP contribution < -0.4 is 14.2 Å². The highest BCUT2D eigenvalue weighted by Gasteiger charge is 2.26. The number of benzene rings is 1. The zero-order chi connectivity index (χ0) is 17.9. The molecule has 0 bridgehead atoms. The molecule has 1 fully saturated rings. The minimum Gasteiger partial charge on any atom is -0.484 e. The normalized spacial score (nSPS) is 16.7. The predicted octanol–water partition coefficient (Wildman–Crippen LogP) is 2.49. The van der Waals surface area contributed by atoms with E-state index in [0.717, 1.165) is 32.4 Å². The largest absolute Gasteiger partial charge is 0.484 e. The molecule has 0 saturated carbocycles. The summed E-state index contributed by atoms with van der Waals surface area (Å²) in [7, 11) is 0. The third-order valence-corrected chi connectivity index (χ3v) is 5.09. The number of hydrogen-bond donors (Lipinski definition) is 1. The smallest absolute Gasteiger partial charge is 0.260 e. The Bertz CT molecular complexity index is 781. The van der Waals surface area contributed by atoms with Gasteiger partial charge in [0, 0.05) is 30.8 Å². The number of ether oxygens (including phenoxy) is 3. The average molecular weight is 357 g/mol. The number of likely N-dealkylation sites (tertiary alicyclic amines) is 1.